The highest BCUT2D eigenvalue weighted by Crippen LogP contribution is 2.18. The average molecular weight is 398 g/mol. The molecule has 0 saturated carbocycles. The van der Waals surface area contributed by atoms with Crippen LogP contribution in [0, 0.1) is 17.2 Å². The molecule has 1 heterocycles. The van der Waals surface area contributed by atoms with E-state index in [1.165, 1.54) is 18.4 Å². The fourth-order valence-electron chi connectivity index (χ4n) is 3.51. The second kappa shape index (κ2) is 9.33. The van der Waals surface area contributed by atoms with Gasteiger partial charge < -0.3 is 0 Å². The van der Waals surface area contributed by atoms with Gasteiger partial charge in [0, 0.05) is 13.1 Å². The van der Waals surface area contributed by atoms with Crippen molar-refractivity contribution in [3.8, 4) is 6.07 Å². The lowest BCUT2D eigenvalue weighted by atomic mass is 9.98. The van der Waals surface area contributed by atoms with Gasteiger partial charge in [0.2, 0.25) is 10.0 Å². The maximum atomic E-state index is 12.4. The molecule has 0 amide bonds. The number of piperidine rings is 1. The molecule has 0 atom stereocenters. The summed E-state index contributed by atoms with van der Waals surface area (Å²) >= 11 is 0. The number of benzene rings is 2. The first-order chi connectivity index (χ1) is 13.4. The number of hydrogen-bond acceptors (Lipinski definition) is 4. The van der Waals surface area contributed by atoms with Crippen LogP contribution in [0.2, 0.25) is 0 Å². The summed E-state index contributed by atoms with van der Waals surface area (Å²) < 4.78 is 27.5. The molecule has 1 fully saturated rings. The van der Waals surface area contributed by atoms with Crippen LogP contribution < -0.4 is 4.72 Å². The molecule has 0 aromatic heterocycles. The summed E-state index contributed by atoms with van der Waals surface area (Å²) in [5, 5.41) is 8.95. The minimum absolute atomic E-state index is 0.131. The Kier molecular flexibility index (Phi) is 6.84. The maximum absolute atomic E-state index is 12.4. The summed E-state index contributed by atoms with van der Waals surface area (Å²) in [7, 11) is -3.47. The van der Waals surface area contributed by atoms with E-state index in [0.29, 0.717) is 11.1 Å². The molecule has 2 aromatic rings. The Hall–Kier alpha value is -2.20. The van der Waals surface area contributed by atoms with Gasteiger partial charge in [0.1, 0.15) is 0 Å². The van der Waals surface area contributed by atoms with E-state index in [-0.39, 0.29) is 12.3 Å². The predicted molar refractivity (Wildman–Crippen MR) is 111 cm³/mol. The van der Waals surface area contributed by atoms with Crippen LogP contribution in [-0.4, -0.2) is 26.4 Å². The smallest absolute Gasteiger partial charge is 0.216 e. The quantitative estimate of drug-likeness (QED) is 0.777. The number of nitriles is 1. The van der Waals surface area contributed by atoms with E-state index in [1.807, 2.05) is 18.2 Å². The Balaban J connectivity index is 1.57. The van der Waals surface area contributed by atoms with Gasteiger partial charge in [0.15, 0.2) is 0 Å². The third-order valence-corrected chi connectivity index (χ3v) is 6.48. The minimum Gasteiger partial charge on any atom is -0.299 e. The lowest BCUT2D eigenvalue weighted by Crippen LogP contribution is -2.32. The summed E-state index contributed by atoms with van der Waals surface area (Å²) in [4.78, 5) is 2.46. The molecule has 0 spiro atoms. The molecule has 3 rings (SSSR count). The van der Waals surface area contributed by atoms with Crippen LogP contribution in [0.3, 0.4) is 0 Å². The fourth-order valence-corrected chi connectivity index (χ4v) is 4.62. The number of hydrogen-bond donors (Lipinski definition) is 1. The molecule has 1 saturated heterocycles. The van der Waals surface area contributed by atoms with Crippen molar-refractivity contribution in [2.45, 2.75) is 38.6 Å². The highest BCUT2D eigenvalue weighted by Gasteiger charge is 2.16. The number of likely N-dealkylation sites (tertiary alicyclic amines) is 1. The molecule has 6 heteroatoms. The van der Waals surface area contributed by atoms with E-state index in [1.54, 1.807) is 24.3 Å². The van der Waals surface area contributed by atoms with Crippen LogP contribution in [0.25, 0.3) is 0 Å². The van der Waals surface area contributed by atoms with Gasteiger partial charge in [0.05, 0.1) is 17.4 Å². The zero-order chi connectivity index (χ0) is 20.0. The van der Waals surface area contributed by atoms with Crippen molar-refractivity contribution in [2.24, 2.45) is 5.92 Å². The summed E-state index contributed by atoms with van der Waals surface area (Å²) in [6.07, 6.45) is 2.49. The molecule has 1 N–H and O–H groups in total. The second-order valence-corrected chi connectivity index (χ2v) is 9.48. The van der Waals surface area contributed by atoms with Gasteiger partial charge in [0.25, 0.3) is 0 Å². The lowest BCUT2D eigenvalue weighted by Gasteiger charge is -2.30. The van der Waals surface area contributed by atoms with Gasteiger partial charge in [-0.2, -0.15) is 5.26 Å². The Morgan fingerprint density at radius 2 is 1.75 bits per heavy atom. The highest BCUT2D eigenvalue weighted by molar-refractivity contribution is 7.88. The van der Waals surface area contributed by atoms with Crippen molar-refractivity contribution in [1.29, 1.82) is 5.26 Å². The first-order valence-electron chi connectivity index (χ1n) is 9.70. The Morgan fingerprint density at radius 3 is 2.50 bits per heavy atom. The lowest BCUT2D eigenvalue weighted by molar-refractivity contribution is 0.185. The monoisotopic (exact) mass is 397 g/mol. The van der Waals surface area contributed by atoms with Crippen molar-refractivity contribution in [2.75, 3.05) is 13.1 Å². The second-order valence-electron chi connectivity index (χ2n) is 7.67. The van der Waals surface area contributed by atoms with E-state index >= 15 is 0 Å². The van der Waals surface area contributed by atoms with Crippen molar-refractivity contribution in [3.05, 3.63) is 70.8 Å². The standard InChI is InChI=1S/C22H27N3O2S/c1-18-8-10-25(11-9-18)16-21-6-3-5-20(13-21)15-24-28(26,27)17-22-7-2-4-19(12-22)14-23/h2-7,12-13,18,24H,8-11,15-17H2,1H3. The molecule has 28 heavy (non-hydrogen) atoms. The summed E-state index contributed by atoms with van der Waals surface area (Å²) in [6.45, 7) is 5.74. The molecule has 2 aromatic carbocycles. The molecule has 0 unspecified atom stereocenters. The van der Waals surface area contributed by atoms with Gasteiger partial charge in [-0.25, -0.2) is 13.1 Å². The van der Waals surface area contributed by atoms with Gasteiger partial charge in [-0.1, -0.05) is 43.3 Å². The zero-order valence-electron chi connectivity index (χ0n) is 16.3. The molecule has 148 valence electrons. The van der Waals surface area contributed by atoms with Crippen molar-refractivity contribution < 1.29 is 8.42 Å². The SMILES string of the molecule is CC1CCN(Cc2cccc(CNS(=O)(=O)Cc3cccc(C#N)c3)c2)CC1. The van der Waals surface area contributed by atoms with Crippen LogP contribution in [-0.2, 0) is 28.9 Å². The highest BCUT2D eigenvalue weighted by atomic mass is 32.2. The van der Waals surface area contributed by atoms with Gasteiger partial charge in [-0.3, -0.25) is 4.90 Å². The summed E-state index contributed by atoms with van der Waals surface area (Å²) in [5.41, 5.74) is 3.25. The van der Waals surface area contributed by atoms with E-state index in [2.05, 4.69) is 28.7 Å². The molecule has 0 aliphatic carbocycles. The molecular formula is C22H27N3O2S. The van der Waals surface area contributed by atoms with Gasteiger partial charge in [-0.15, -0.1) is 0 Å². The largest absolute Gasteiger partial charge is 0.299 e. The van der Waals surface area contributed by atoms with Crippen molar-refractivity contribution >= 4 is 10.0 Å². The molecule has 0 radical (unpaired) electrons. The first-order valence-corrected chi connectivity index (χ1v) is 11.4. The van der Waals surface area contributed by atoms with Crippen molar-refractivity contribution in [1.82, 2.24) is 9.62 Å². The van der Waals surface area contributed by atoms with E-state index < -0.39 is 10.0 Å². The number of rotatable bonds is 7. The Morgan fingerprint density at radius 1 is 1.07 bits per heavy atom. The Bertz CT molecular complexity index is 942. The number of nitrogens with one attached hydrogen (secondary N) is 1. The van der Waals surface area contributed by atoms with Crippen LogP contribution >= 0.6 is 0 Å². The molecular weight excluding hydrogens is 370 g/mol. The predicted octanol–water partition coefficient (Wildman–Crippen LogP) is 3.41. The van der Waals surface area contributed by atoms with Crippen LogP contribution in [0.5, 0.6) is 0 Å². The van der Waals surface area contributed by atoms with Crippen LogP contribution in [0.4, 0.5) is 0 Å². The fraction of sp³-hybridized carbons (Fsp3) is 0.409. The maximum Gasteiger partial charge on any atom is 0.216 e. The average Bonchev–Trinajstić information content (AvgIpc) is 2.68. The topological polar surface area (TPSA) is 73.2 Å². The van der Waals surface area contributed by atoms with Crippen LogP contribution in [0.15, 0.2) is 48.5 Å². The molecule has 1 aliphatic heterocycles. The third-order valence-electron chi connectivity index (χ3n) is 5.18. The first kappa shape index (κ1) is 20.5. The normalized spacial score (nSPS) is 16.0. The molecule has 0 bridgehead atoms. The van der Waals surface area contributed by atoms with E-state index in [4.69, 9.17) is 5.26 Å². The minimum atomic E-state index is -3.47. The molecule has 1 aliphatic rings. The number of sulfonamides is 1. The molecule has 5 nitrogen and oxygen atoms in total. The number of nitrogens with zero attached hydrogens (tertiary/aromatic N) is 2. The van der Waals surface area contributed by atoms with E-state index in [9.17, 15) is 8.42 Å². The van der Waals surface area contributed by atoms with Crippen LogP contribution in [0.1, 0.15) is 42.0 Å². The Labute approximate surface area is 168 Å². The van der Waals surface area contributed by atoms with Crippen molar-refractivity contribution in [3.63, 3.8) is 0 Å². The van der Waals surface area contributed by atoms with Gasteiger partial charge in [-0.05, 0) is 60.7 Å². The van der Waals surface area contributed by atoms with Gasteiger partial charge >= 0.3 is 0 Å². The third kappa shape index (κ3) is 6.16. The summed E-state index contributed by atoms with van der Waals surface area (Å²) in [5.74, 6) is 0.680. The summed E-state index contributed by atoms with van der Waals surface area (Å²) in [6, 6.07) is 16.8. The zero-order valence-corrected chi connectivity index (χ0v) is 17.1. The van der Waals surface area contributed by atoms with E-state index in [0.717, 1.165) is 31.1 Å².